The van der Waals surface area contributed by atoms with E-state index < -0.39 is 0 Å². The van der Waals surface area contributed by atoms with Crippen LogP contribution in [0.25, 0.3) is 10.2 Å². The van der Waals surface area contributed by atoms with Crippen LogP contribution in [-0.2, 0) is 11.3 Å². The fraction of sp³-hybridized carbons (Fsp3) is 0.150. The molecule has 0 saturated heterocycles. The average molecular weight is 446 g/mol. The van der Waals surface area contributed by atoms with E-state index >= 15 is 0 Å². The van der Waals surface area contributed by atoms with E-state index in [0.29, 0.717) is 31.8 Å². The molecular formula is C20H16ClN3O3S2. The van der Waals surface area contributed by atoms with Crippen molar-refractivity contribution >= 4 is 56.5 Å². The maximum absolute atomic E-state index is 13.0. The number of carbonyl (C=O) groups is 1. The van der Waals surface area contributed by atoms with Gasteiger partial charge in [-0.1, -0.05) is 23.4 Å². The Morgan fingerprint density at radius 3 is 2.83 bits per heavy atom. The SMILES string of the molecule is Cc1cc2c(=O)n(Cc3ccco3)c(SCC(=O)Nc3ccc(Cl)cc3)nc2s1. The van der Waals surface area contributed by atoms with Crippen molar-refractivity contribution in [1.29, 1.82) is 0 Å². The molecule has 0 bridgehead atoms. The van der Waals surface area contributed by atoms with E-state index in [-0.39, 0.29) is 23.8 Å². The van der Waals surface area contributed by atoms with Gasteiger partial charge in [-0.3, -0.25) is 14.2 Å². The number of aromatic nitrogens is 2. The number of rotatable bonds is 6. The van der Waals surface area contributed by atoms with E-state index in [2.05, 4.69) is 10.3 Å². The van der Waals surface area contributed by atoms with Crippen LogP contribution < -0.4 is 10.9 Å². The van der Waals surface area contributed by atoms with Gasteiger partial charge in [0.25, 0.3) is 5.56 Å². The van der Waals surface area contributed by atoms with E-state index in [1.165, 1.54) is 23.1 Å². The summed E-state index contributed by atoms with van der Waals surface area (Å²) >= 11 is 8.54. The van der Waals surface area contributed by atoms with Gasteiger partial charge in [0.15, 0.2) is 5.16 Å². The first kappa shape index (κ1) is 19.8. The van der Waals surface area contributed by atoms with Gasteiger partial charge in [-0.2, -0.15) is 0 Å². The number of furan rings is 1. The summed E-state index contributed by atoms with van der Waals surface area (Å²) in [7, 11) is 0. The number of aryl methyl sites for hydroxylation is 1. The van der Waals surface area contributed by atoms with Gasteiger partial charge < -0.3 is 9.73 Å². The normalized spacial score (nSPS) is 11.1. The second-order valence-corrected chi connectivity index (χ2v) is 8.90. The Kier molecular flexibility index (Phi) is 5.75. The molecule has 3 aromatic heterocycles. The molecule has 148 valence electrons. The van der Waals surface area contributed by atoms with Gasteiger partial charge in [-0.25, -0.2) is 4.98 Å². The van der Waals surface area contributed by atoms with Gasteiger partial charge in [0.1, 0.15) is 10.6 Å². The second-order valence-electron chi connectivity index (χ2n) is 6.28. The quantitative estimate of drug-likeness (QED) is 0.341. The fourth-order valence-electron chi connectivity index (χ4n) is 2.79. The van der Waals surface area contributed by atoms with Crippen LogP contribution in [0.2, 0.25) is 5.02 Å². The Hall–Kier alpha value is -2.55. The molecule has 4 aromatic rings. The summed E-state index contributed by atoms with van der Waals surface area (Å²) in [5.74, 6) is 0.564. The predicted molar refractivity (Wildman–Crippen MR) is 117 cm³/mol. The van der Waals surface area contributed by atoms with Crippen molar-refractivity contribution in [3.63, 3.8) is 0 Å². The molecule has 0 aliphatic rings. The number of nitrogens with one attached hydrogen (secondary N) is 1. The van der Waals surface area contributed by atoms with Crippen molar-refractivity contribution in [2.24, 2.45) is 0 Å². The number of thiophene rings is 1. The van der Waals surface area contributed by atoms with Gasteiger partial charge in [0, 0.05) is 15.6 Å². The molecule has 0 spiro atoms. The molecule has 0 saturated carbocycles. The highest BCUT2D eigenvalue weighted by Gasteiger charge is 2.16. The molecule has 9 heteroatoms. The first-order chi connectivity index (χ1) is 14.0. The highest BCUT2D eigenvalue weighted by Crippen LogP contribution is 2.25. The van der Waals surface area contributed by atoms with Crippen molar-refractivity contribution in [3.05, 3.63) is 74.7 Å². The third-order valence-corrected chi connectivity index (χ3v) is 6.27. The van der Waals surface area contributed by atoms with Crippen LogP contribution in [0.3, 0.4) is 0 Å². The number of halogens is 1. The summed E-state index contributed by atoms with van der Waals surface area (Å²) in [6.07, 6.45) is 1.56. The first-order valence-corrected chi connectivity index (χ1v) is 10.9. The maximum atomic E-state index is 13.0. The van der Waals surface area contributed by atoms with Gasteiger partial charge in [0.2, 0.25) is 5.91 Å². The third kappa shape index (κ3) is 4.55. The molecule has 29 heavy (non-hydrogen) atoms. The summed E-state index contributed by atoms with van der Waals surface area (Å²) in [5, 5.41) is 4.47. The van der Waals surface area contributed by atoms with Gasteiger partial charge in [0.05, 0.1) is 23.9 Å². The lowest BCUT2D eigenvalue weighted by molar-refractivity contribution is -0.113. The van der Waals surface area contributed by atoms with Crippen LogP contribution in [0, 0.1) is 6.92 Å². The predicted octanol–water partition coefficient (Wildman–Crippen LogP) is 4.79. The zero-order valence-corrected chi connectivity index (χ0v) is 17.7. The van der Waals surface area contributed by atoms with Gasteiger partial charge in [-0.05, 0) is 49.4 Å². The highest BCUT2D eigenvalue weighted by molar-refractivity contribution is 7.99. The molecule has 0 radical (unpaired) electrons. The Labute approximate surface area is 179 Å². The Morgan fingerprint density at radius 1 is 1.31 bits per heavy atom. The van der Waals surface area contributed by atoms with Gasteiger partial charge >= 0.3 is 0 Å². The average Bonchev–Trinajstić information content (AvgIpc) is 3.33. The minimum absolute atomic E-state index is 0.114. The van der Waals surface area contributed by atoms with Crippen LogP contribution in [0.15, 0.2) is 63.1 Å². The Bertz CT molecular complexity index is 1210. The molecule has 0 aliphatic carbocycles. The van der Waals surface area contributed by atoms with Crippen molar-refractivity contribution in [2.45, 2.75) is 18.6 Å². The lowest BCUT2D eigenvalue weighted by Crippen LogP contribution is -2.24. The van der Waals surface area contributed by atoms with Crippen LogP contribution >= 0.6 is 34.7 Å². The topological polar surface area (TPSA) is 77.1 Å². The molecule has 4 rings (SSSR count). The van der Waals surface area contributed by atoms with Crippen LogP contribution in [-0.4, -0.2) is 21.2 Å². The lowest BCUT2D eigenvalue weighted by Gasteiger charge is -2.11. The lowest BCUT2D eigenvalue weighted by atomic mass is 10.3. The molecular weight excluding hydrogens is 430 g/mol. The minimum atomic E-state index is -0.196. The van der Waals surface area contributed by atoms with Crippen LogP contribution in [0.4, 0.5) is 5.69 Å². The Balaban J connectivity index is 1.58. The molecule has 0 aliphatic heterocycles. The number of amides is 1. The van der Waals surface area contributed by atoms with Crippen molar-refractivity contribution in [2.75, 3.05) is 11.1 Å². The summed E-state index contributed by atoms with van der Waals surface area (Å²) in [6, 6.07) is 12.3. The summed E-state index contributed by atoms with van der Waals surface area (Å²) in [4.78, 5) is 31.7. The number of anilines is 1. The molecule has 1 amide bonds. The van der Waals surface area contributed by atoms with Crippen LogP contribution in [0.1, 0.15) is 10.6 Å². The van der Waals surface area contributed by atoms with E-state index in [9.17, 15) is 9.59 Å². The molecule has 0 fully saturated rings. The van der Waals surface area contributed by atoms with E-state index in [4.69, 9.17) is 16.0 Å². The zero-order chi connectivity index (χ0) is 20.4. The van der Waals surface area contributed by atoms with Crippen LogP contribution in [0.5, 0.6) is 0 Å². The molecule has 6 nitrogen and oxygen atoms in total. The summed E-state index contributed by atoms with van der Waals surface area (Å²) < 4.78 is 6.94. The smallest absolute Gasteiger partial charge is 0.263 e. The summed E-state index contributed by atoms with van der Waals surface area (Å²) in [5.41, 5.74) is 0.515. The minimum Gasteiger partial charge on any atom is -0.467 e. The third-order valence-electron chi connectivity index (χ3n) is 4.09. The highest BCUT2D eigenvalue weighted by atomic mass is 35.5. The number of nitrogens with zero attached hydrogens (tertiary/aromatic N) is 2. The second kappa shape index (κ2) is 8.44. The van der Waals surface area contributed by atoms with Crippen molar-refractivity contribution < 1.29 is 9.21 Å². The van der Waals surface area contributed by atoms with Crippen molar-refractivity contribution in [3.8, 4) is 0 Å². The molecule has 0 atom stereocenters. The van der Waals surface area contributed by atoms with E-state index in [1.807, 2.05) is 13.0 Å². The zero-order valence-electron chi connectivity index (χ0n) is 15.3. The van der Waals surface area contributed by atoms with E-state index in [0.717, 1.165) is 4.88 Å². The maximum Gasteiger partial charge on any atom is 0.263 e. The number of fused-ring (bicyclic) bond motifs is 1. The summed E-state index contributed by atoms with van der Waals surface area (Å²) in [6.45, 7) is 2.19. The number of hydrogen-bond donors (Lipinski definition) is 1. The Morgan fingerprint density at radius 2 is 2.10 bits per heavy atom. The standard InChI is InChI=1S/C20H16ClN3O3S2/c1-12-9-16-18(29-12)23-20(24(19(16)26)10-15-3-2-8-27-15)28-11-17(25)22-14-6-4-13(21)5-7-14/h2-9H,10-11H2,1H3,(H,22,25). The van der Waals surface area contributed by atoms with Gasteiger partial charge in [-0.15, -0.1) is 11.3 Å². The van der Waals surface area contributed by atoms with E-state index in [1.54, 1.807) is 47.2 Å². The monoisotopic (exact) mass is 445 g/mol. The first-order valence-electron chi connectivity index (χ1n) is 8.71. The number of carbonyl (C=O) groups excluding carboxylic acids is 1. The fourth-order valence-corrected chi connectivity index (χ4v) is 4.63. The number of hydrogen-bond acceptors (Lipinski definition) is 6. The number of benzene rings is 1. The van der Waals surface area contributed by atoms with Crippen molar-refractivity contribution in [1.82, 2.24) is 9.55 Å². The molecule has 1 aromatic carbocycles. The number of thioether (sulfide) groups is 1. The molecule has 1 N–H and O–H groups in total. The largest absolute Gasteiger partial charge is 0.467 e. The molecule has 0 unspecified atom stereocenters. The molecule has 3 heterocycles.